The molecule has 0 spiro atoms. The molecule has 0 radical (unpaired) electrons. The highest BCUT2D eigenvalue weighted by atomic mass is 35.5. The van der Waals surface area contributed by atoms with Crippen molar-refractivity contribution in [2.45, 2.75) is 45.1 Å². The average Bonchev–Trinajstić information content (AvgIpc) is 2.41. The van der Waals surface area contributed by atoms with Crippen LogP contribution in [0.5, 0.6) is 0 Å². The van der Waals surface area contributed by atoms with Gasteiger partial charge in [0.05, 0.1) is 0 Å². The number of nitrogens with one attached hydrogen (secondary N) is 1. The SMILES string of the molecule is Cc1ccc(NC(CN)C2CCCCC2)cc1Cl. The van der Waals surface area contributed by atoms with Gasteiger partial charge in [0.1, 0.15) is 0 Å². The normalized spacial score (nSPS) is 18.6. The van der Waals surface area contributed by atoms with Crippen molar-refractivity contribution >= 4 is 17.3 Å². The first-order valence-electron chi connectivity index (χ1n) is 6.93. The van der Waals surface area contributed by atoms with Gasteiger partial charge in [-0.05, 0) is 43.4 Å². The molecule has 1 aromatic rings. The third kappa shape index (κ3) is 3.39. The van der Waals surface area contributed by atoms with E-state index in [2.05, 4.69) is 17.4 Å². The number of anilines is 1. The number of benzene rings is 1. The molecule has 0 saturated heterocycles. The summed E-state index contributed by atoms with van der Waals surface area (Å²) in [7, 11) is 0. The molecule has 0 aliphatic heterocycles. The highest BCUT2D eigenvalue weighted by Gasteiger charge is 2.22. The van der Waals surface area contributed by atoms with E-state index < -0.39 is 0 Å². The van der Waals surface area contributed by atoms with E-state index in [1.54, 1.807) is 0 Å². The molecule has 0 bridgehead atoms. The van der Waals surface area contributed by atoms with Gasteiger partial charge >= 0.3 is 0 Å². The van der Waals surface area contributed by atoms with Crippen molar-refractivity contribution in [3.05, 3.63) is 28.8 Å². The van der Waals surface area contributed by atoms with Crippen LogP contribution in [-0.4, -0.2) is 12.6 Å². The Labute approximate surface area is 115 Å². The van der Waals surface area contributed by atoms with Crippen LogP contribution in [0.2, 0.25) is 5.02 Å². The van der Waals surface area contributed by atoms with Crippen LogP contribution in [0.4, 0.5) is 5.69 Å². The van der Waals surface area contributed by atoms with Crippen LogP contribution < -0.4 is 11.1 Å². The zero-order valence-corrected chi connectivity index (χ0v) is 11.8. The number of hydrogen-bond donors (Lipinski definition) is 2. The molecular formula is C15H23ClN2. The molecule has 1 aliphatic rings. The van der Waals surface area contributed by atoms with E-state index >= 15 is 0 Å². The number of aryl methyl sites for hydroxylation is 1. The molecule has 1 fully saturated rings. The van der Waals surface area contributed by atoms with Gasteiger partial charge in [-0.3, -0.25) is 0 Å². The predicted octanol–water partition coefficient (Wildman–Crippen LogP) is 3.97. The maximum atomic E-state index is 6.16. The Hall–Kier alpha value is -0.730. The second kappa shape index (κ2) is 6.44. The highest BCUT2D eigenvalue weighted by Crippen LogP contribution is 2.28. The summed E-state index contributed by atoms with van der Waals surface area (Å²) in [4.78, 5) is 0. The largest absolute Gasteiger partial charge is 0.381 e. The van der Waals surface area contributed by atoms with Crippen LogP contribution in [0.25, 0.3) is 0 Å². The quantitative estimate of drug-likeness (QED) is 0.865. The molecule has 3 heteroatoms. The zero-order valence-electron chi connectivity index (χ0n) is 11.1. The molecule has 1 unspecified atom stereocenters. The molecule has 1 atom stereocenters. The summed E-state index contributed by atoms with van der Waals surface area (Å²) < 4.78 is 0. The van der Waals surface area contributed by atoms with E-state index in [0.29, 0.717) is 18.5 Å². The van der Waals surface area contributed by atoms with Gasteiger partial charge in [-0.15, -0.1) is 0 Å². The molecule has 2 rings (SSSR count). The van der Waals surface area contributed by atoms with Crippen molar-refractivity contribution in [2.75, 3.05) is 11.9 Å². The van der Waals surface area contributed by atoms with Gasteiger partial charge < -0.3 is 11.1 Å². The standard InChI is InChI=1S/C15H23ClN2/c1-11-7-8-13(9-14(11)16)18-15(10-17)12-5-3-2-4-6-12/h7-9,12,15,18H,2-6,10,17H2,1H3. The van der Waals surface area contributed by atoms with Gasteiger partial charge in [-0.2, -0.15) is 0 Å². The summed E-state index contributed by atoms with van der Waals surface area (Å²) in [6.45, 7) is 2.71. The molecular weight excluding hydrogens is 244 g/mol. The van der Waals surface area contributed by atoms with Crippen molar-refractivity contribution in [2.24, 2.45) is 11.7 Å². The lowest BCUT2D eigenvalue weighted by atomic mass is 9.84. The van der Waals surface area contributed by atoms with E-state index in [-0.39, 0.29) is 0 Å². The van der Waals surface area contributed by atoms with Gasteiger partial charge in [-0.1, -0.05) is 36.9 Å². The smallest absolute Gasteiger partial charge is 0.0455 e. The molecule has 1 aromatic carbocycles. The third-order valence-electron chi connectivity index (χ3n) is 4.00. The van der Waals surface area contributed by atoms with Crippen molar-refractivity contribution in [1.29, 1.82) is 0 Å². The Bertz CT molecular complexity index is 386. The van der Waals surface area contributed by atoms with Crippen LogP contribution in [0.1, 0.15) is 37.7 Å². The Kier molecular flexibility index (Phi) is 4.90. The summed E-state index contributed by atoms with van der Waals surface area (Å²) in [6.07, 6.45) is 6.67. The Morgan fingerprint density at radius 3 is 2.67 bits per heavy atom. The number of nitrogens with two attached hydrogens (primary N) is 1. The van der Waals surface area contributed by atoms with Gasteiger partial charge in [0.25, 0.3) is 0 Å². The Morgan fingerprint density at radius 1 is 1.33 bits per heavy atom. The summed E-state index contributed by atoms with van der Waals surface area (Å²) in [6, 6.07) is 6.53. The van der Waals surface area contributed by atoms with E-state index in [1.165, 1.54) is 32.1 Å². The Morgan fingerprint density at radius 2 is 2.06 bits per heavy atom. The van der Waals surface area contributed by atoms with Crippen molar-refractivity contribution in [3.63, 3.8) is 0 Å². The van der Waals surface area contributed by atoms with Crippen LogP contribution >= 0.6 is 11.6 Å². The van der Waals surface area contributed by atoms with Crippen LogP contribution in [0.15, 0.2) is 18.2 Å². The fourth-order valence-electron chi connectivity index (χ4n) is 2.80. The lowest BCUT2D eigenvalue weighted by molar-refractivity contribution is 0.320. The third-order valence-corrected chi connectivity index (χ3v) is 4.40. The zero-order chi connectivity index (χ0) is 13.0. The van der Waals surface area contributed by atoms with Crippen LogP contribution in [0.3, 0.4) is 0 Å². The first-order chi connectivity index (χ1) is 8.70. The fourth-order valence-corrected chi connectivity index (χ4v) is 2.98. The molecule has 3 N–H and O–H groups in total. The van der Waals surface area contributed by atoms with Crippen LogP contribution in [0, 0.1) is 12.8 Å². The molecule has 0 aromatic heterocycles. The first-order valence-corrected chi connectivity index (χ1v) is 7.31. The lowest BCUT2D eigenvalue weighted by Crippen LogP contribution is -2.37. The minimum atomic E-state index is 0.379. The minimum absolute atomic E-state index is 0.379. The summed E-state index contributed by atoms with van der Waals surface area (Å²) >= 11 is 6.16. The van der Waals surface area contributed by atoms with Gasteiger partial charge in [0.2, 0.25) is 0 Å². The number of hydrogen-bond acceptors (Lipinski definition) is 2. The summed E-state index contributed by atoms with van der Waals surface area (Å²) in [5.74, 6) is 0.712. The van der Waals surface area contributed by atoms with Crippen molar-refractivity contribution < 1.29 is 0 Å². The van der Waals surface area contributed by atoms with Gasteiger partial charge in [0.15, 0.2) is 0 Å². The highest BCUT2D eigenvalue weighted by molar-refractivity contribution is 6.31. The summed E-state index contributed by atoms with van der Waals surface area (Å²) in [5.41, 5.74) is 8.13. The second-order valence-electron chi connectivity index (χ2n) is 5.35. The van der Waals surface area contributed by atoms with Gasteiger partial charge in [0, 0.05) is 23.3 Å². The average molecular weight is 267 g/mol. The van der Waals surface area contributed by atoms with E-state index in [4.69, 9.17) is 17.3 Å². The van der Waals surface area contributed by atoms with Gasteiger partial charge in [-0.25, -0.2) is 0 Å². The maximum absolute atomic E-state index is 6.16. The monoisotopic (exact) mass is 266 g/mol. The summed E-state index contributed by atoms with van der Waals surface area (Å²) in [5, 5.41) is 4.38. The molecule has 2 nitrogen and oxygen atoms in total. The maximum Gasteiger partial charge on any atom is 0.0455 e. The van der Waals surface area contributed by atoms with E-state index in [9.17, 15) is 0 Å². The van der Waals surface area contributed by atoms with Crippen molar-refractivity contribution in [1.82, 2.24) is 0 Å². The molecule has 0 heterocycles. The molecule has 18 heavy (non-hydrogen) atoms. The predicted molar refractivity (Wildman–Crippen MR) is 79.2 cm³/mol. The van der Waals surface area contributed by atoms with Crippen LogP contribution in [-0.2, 0) is 0 Å². The fraction of sp³-hybridized carbons (Fsp3) is 0.600. The number of rotatable bonds is 4. The van der Waals surface area contributed by atoms with E-state index in [0.717, 1.165) is 16.3 Å². The van der Waals surface area contributed by atoms with Crippen molar-refractivity contribution in [3.8, 4) is 0 Å². The Balaban J connectivity index is 2.02. The first kappa shape index (κ1) is 13.7. The minimum Gasteiger partial charge on any atom is -0.381 e. The second-order valence-corrected chi connectivity index (χ2v) is 5.76. The topological polar surface area (TPSA) is 38.0 Å². The molecule has 100 valence electrons. The lowest BCUT2D eigenvalue weighted by Gasteiger charge is -2.31. The molecule has 1 saturated carbocycles. The number of halogens is 1. The molecule has 1 aliphatic carbocycles. The van der Waals surface area contributed by atoms with E-state index in [1.807, 2.05) is 13.0 Å². The molecule has 0 amide bonds.